The van der Waals surface area contributed by atoms with Gasteiger partial charge in [-0.2, -0.15) is 5.10 Å². The van der Waals surface area contributed by atoms with E-state index in [4.69, 9.17) is 5.73 Å². The maximum Gasteiger partial charge on any atom is 0.0628 e. The minimum atomic E-state index is 0.339. The van der Waals surface area contributed by atoms with E-state index >= 15 is 0 Å². The van der Waals surface area contributed by atoms with Gasteiger partial charge in [0.2, 0.25) is 0 Å². The van der Waals surface area contributed by atoms with Crippen LogP contribution in [0.15, 0.2) is 6.20 Å². The Morgan fingerprint density at radius 1 is 1.43 bits per heavy atom. The van der Waals surface area contributed by atoms with Gasteiger partial charge in [-0.15, -0.1) is 0 Å². The molecule has 1 saturated carbocycles. The van der Waals surface area contributed by atoms with Crippen molar-refractivity contribution in [2.45, 2.75) is 44.6 Å². The highest BCUT2D eigenvalue weighted by Gasteiger charge is 2.25. The van der Waals surface area contributed by atoms with Crippen LogP contribution < -0.4 is 5.73 Å². The molecule has 3 heteroatoms. The van der Waals surface area contributed by atoms with E-state index in [0.29, 0.717) is 12.0 Å². The Balaban J connectivity index is 2.24. The van der Waals surface area contributed by atoms with E-state index in [0.717, 1.165) is 5.69 Å². The third kappa shape index (κ3) is 1.69. The molecule has 1 aliphatic carbocycles. The van der Waals surface area contributed by atoms with Gasteiger partial charge in [0.15, 0.2) is 0 Å². The highest BCUT2D eigenvalue weighted by molar-refractivity contribution is 5.23. The smallest absolute Gasteiger partial charge is 0.0628 e. The molecule has 2 atom stereocenters. The van der Waals surface area contributed by atoms with E-state index < -0.39 is 0 Å². The van der Waals surface area contributed by atoms with Gasteiger partial charge in [0.05, 0.1) is 5.69 Å². The molecule has 1 fully saturated rings. The van der Waals surface area contributed by atoms with Crippen LogP contribution in [0.5, 0.6) is 0 Å². The van der Waals surface area contributed by atoms with Crippen LogP contribution in [0.25, 0.3) is 0 Å². The maximum absolute atomic E-state index is 6.15. The Bertz CT molecular complexity index is 316. The van der Waals surface area contributed by atoms with Crippen molar-refractivity contribution in [3.63, 3.8) is 0 Å². The second-order valence-electron chi connectivity index (χ2n) is 4.40. The molecule has 2 rings (SSSR count). The third-order valence-electron chi connectivity index (χ3n) is 3.27. The SMILES string of the molecule is Cc1nn(C)cc1C1CCCCC1N. The van der Waals surface area contributed by atoms with Gasteiger partial charge in [-0.05, 0) is 25.3 Å². The fourth-order valence-corrected chi connectivity index (χ4v) is 2.53. The van der Waals surface area contributed by atoms with Gasteiger partial charge < -0.3 is 5.73 Å². The highest BCUT2D eigenvalue weighted by atomic mass is 15.2. The van der Waals surface area contributed by atoms with Gasteiger partial charge in [0, 0.05) is 25.2 Å². The minimum Gasteiger partial charge on any atom is -0.327 e. The lowest BCUT2D eigenvalue weighted by Gasteiger charge is -2.28. The molecule has 0 amide bonds. The number of nitrogens with two attached hydrogens (primary N) is 1. The lowest BCUT2D eigenvalue weighted by Crippen LogP contribution is -2.31. The molecule has 0 spiro atoms. The molecule has 14 heavy (non-hydrogen) atoms. The normalized spacial score (nSPS) is 27.9. The van der Waals surface area contributed by atoms with E-state index in [1.165, 1.54) is 31.2 Å². The van der Waals surface area contributed by atoms with E-state index in [1.807, 2.05) is 11.7 Å². The molecule has 1 aromatic rings. The van der Waals surface area contributed by atoms with Crippen molar-refractivity contribution in [1.29, 1.82) is 0 Å². The molecular formula is C11H19N3. The lowest BCUT2D eigenvalue weighted by atomic mass is 9.81. The van der Waals surface area contributed by atoms with Crippen LogP contribution in [0.4, 0.5) is 0 Å². The maximum atomic E-state index is 6.15. The predicted molar refractivity (Wildman–Crippen MR) is 57.1 cm³/mol. The first-order valence-corrected chi connectivity index (χ1v) is 5.44. The molecular weight excluding hydrogens is 174 g/mol. The van der Waals surface area contributed by atoms with E-state index in [-0.39, 0.29) is 0 Å². The average Bonchev–Trinajstić information content (AvgIpc) is 2.46. The Labute approximate surface area is 85.3 Å². The van der Waals surface area contributed by atoms with Crippen LogP contribution in [0.1, 0.15) is 42.9 Å². The fraction of sp³-hybridized carbons (Fsp3) is 0.727. The predicted octanol–water partition coefficient (Wildman–Crippen LogP) is 1.71. The summed E-state index contributed by atoms with van der Waals surface area (Å²) in [5.41, 5.74) is 8.66. The van der Waals surface area contributed by atoms with Crippen molar-refractivity contribution in [2.24, 2.45) is 12.8 Å². The van der Waals surface area contributed by atoms with E-state index in [1.54, 1.807) is 0 Å². The van der Waals surface area contributed by atoms with Gasteiger partial charge >= 0.3 is 0 Å². The summed E-state index contributed by atoms with van der Waals surface area (Å²) in [4.78, 5) is 0. The van der Waals surface area contributed by atoms with Crippen LogP contribution in [0, 0.1) is 6.92 Å². The lowest BCUT2D eigenvalue weighted by molar-refractivity contribution is 0.384. The molecule has 0 radical (unpaired) electrons. The van der Waals surface area contributed by atoms with Crippen molar-refractivity contribution in [3.8, 4) is 0 Å². The molecule has 1 heterocycles. The highest BCUT2D eigenvalue weighted by Crippen LogP contribution is 2.32. The minimum absolute atomic E-state index is 0.339. The molecule has 2 unspecified atom stereocenters. The Morgan fingerprint density at radius 3 is 2.71 bits per heavy atom. The van der Waals surface area contributed by atoms with E-state index in [9.17, 15) is 0 Å². The van der Waals surface area contributed by atoms with Crippen molar-refractivity contribution in [2.75, 3.05) is 0 Å². The summed E-state index contributed by atoms with van der Waals surface area (Å²) < 4.78 is 1.89. The Hall–Kier alpha value is -0.830. The second-order valence-corrected chi connectivity index (χ2v) is 4.40. The molecule has 1 aliphatic rings. The molecule has 0 aliphatic heterocycles. The Kier molecular flexibility index (Phi) is 2.59. The Morgan fingerprint density at radius 2 is 2.14 bits per heavy atom. The number of rotatable bonds is 1. The monoisotopic (exact) mass is 193 g/mol. The number of hydrogen-bond donors (Lipinski definition) is 1. The molecule has 0 bridgehead atoms. The zero-order valence-electron chi connectivity index (χ0n) is 9.03. The van der Waals surface area contributed by atoms with Gasteiger partial charge in [-0.3, -0.25) is 4.68 Å². The summed E-state index contributed by atoms with van der Waals surface area (Å²) in [6, 6.07) is 0.339. The zero-order valence-corrected chi connectivity index (χ0v) is 9.03. The summed E-state index contributed by atoms with van der Waals surface area (Å²) in [5, 5.41) is 4.38. The first-order chi connectivity index (χ1) is 6.68. The van der Waals surface area contributed by atoms with Crippen molar-refractivity contribution in [1.82, 2.24) is 9.78 Å². The van der Waals surface area contributed by atoms with Gasteiger partial charge in [-0.25, -0.2) is 0 Å². The second kappa shape index (κ2) is 3.73. The standard InChI is InChI=1S/C11H19N3/c1-8-10(7-14(2)13-8)9-5-3-4-6-11(9)12/h7,9,11H,3-6,12H2,1-2H3. The summed E-state index contributed by atoms with van der Waals surface area (Å²) in [6.07, 6.45) is 7.13. The summed E-state index contributed by atoms with van der Waals surface area (Å²) >= 11 is 0. The van der Waals surface area contributed by atoms with Crippen LogP contribution >= 0.6 is 0 Å². The fourth-order valence-electron chi connectivity index (χ4n) is 2.53. The number of aromatic nitrogens is 2. The molecule has 0 saturated heterocycles. The molecule has 0 aromatic carbocycles. The largest absolute Gasteiger partial charge is 0.327 e. The molecule has 2 N–H and O–H groups in total. The molecule has 3 nitrogen and oxygen atoms in total. The van der Waals surface area contributed by atoms with Crippen molar-refractivity contribution < 1.29 is 0 Å². The van der Waals surface area contributed by atoms with Crippen LogP contribution in [-0.2, 0) is 7.05 Å². The van der Waals surface area contributed by atoms with Gasteiger partial charge in [0.25, 0.3) is 0 Å². The van der Waals surface area contributed by atoms with Crippen LogP contribution in [0.2, 0.25) is 0 Å². The van der Waals surface area contributed by atoms with Gasteiger partial charge in [0.1, 0.15) is 0 Å². The molecule has 1 aromatic heterocycles. The van der Waals surface area contributed by atoms with E-state index in [2.05, 4.69) is 18.2 Å². The van der Waals surface area contributed by atoms with Gasteiger partial charge in [-0.1, -0.05) is 12.8 Å². The first kappa shape index (κ1) is 9.71. The summed E-state index contributed by atoms with van der Waals surface area (Å²) in [7, 11) is 1.98. The number of nitrogens with zero attached hydrogens (tertiary/aromatic N) is 2. The zero-order chi connectivity index (χ0) is 10.1. The average molecular weight is 193 g/mol. The van der Waals surface area contributed by atoms with Crippen molar-refractivity contribution in [3.05, 3.63) is 17.5 Å². The van der Waals surface area contributed by atoms with Crippen LogP contribution in [0.3, 0.4) is 0 Å². The molecule has 78 valence electrons. The first-order valence-electron chi connectivity index (χ1n) is 5.44. The topological polar surface area (TPSA) is 43.8 Å². The number of aryl methyl sites for hydroxylation is 2. The van der Waals surface area contributed by atoms with Crippen LogP contribution in [-0.4, -0.2) is 15.8 Å². The van der Waals surface area contributed by atoms with Crippen molar-refractivity contribution >= 4 is 0 Å². The summed E-state index contributed by atoms with van der Waals surface area (Å²) in [6.45, 7) is 2.08. The quantitative estimate of drug-likeness (QED) is 0.738. The number of hydrogen-bond acceptors (Lipinski definition) is 2. The summed E-state index contributed by atoms with van der Waals surface area (Å²) in [5.74, 6) is 0.539. The third-order valence-corrected chi connectivity index (χ3v) is 3.27.